The number of carbonyl (C=O) groups excluding carboxylic acids is 2. The van der Waals surface area contributed by atoms with Crippen LogP contribution < -0.4 is 10.6 Å². The highest BCUT2D eigenvalue weighted by Gasteiger charge is 2.27. The van der Waals surface area contributed by atoms with Gasteiger partial charge < -0.3 is 20.3 Å². The molecule has 6 nitrogen and oxygen atoms in total. The number of hydrogen-bond donors (Lipinski definition) is 2. The first-order valence-corrected chi connectivity index (χ1v) is 9.15. The van der Waals surface area contributed by atoms with Crippen molar-refractivity contribution in [2.24, 2.45) is 0 Å². The molecule has 6 heteroatoms. The van der Waals surface area contributed by atoms with Gasteiger partial charge in [0.25, 0.3) is 0 Å². The van der Waals surface area contributed by atoms with E-state index in [1.165, 1.54) is 0 Å². The maximum atomic E-state index is 12.5. The van der Waals surface area contributed by atoms with Crippen molar-refractivity contribution < 1.29 is 14.3 Å². The quantitative estimate of drug-likeness (QED) is 0.830. The smallest absolute Gasteiger partial charge is 0.315 e. The van der Waals surface area contributed by atoms with Crippen LogP contribution >= 0.6 is 0 Å². The van der Waals surface area contributed by atoms with Crippen LogP contribution in [0.15, 0.2) is 30.3 Å². The van der Waals surface area contributed by atoms with Gasteiger partial charge in [-0.05, 0) is 31.7 Å². The zero-order valence-corrected chi connectivity index (χ0v) is 14.7. The third-order valence-electron chi connectivity index (χ3n) is 4.96. The lowest BCUT2D eigenvalue weighted by molar-refractivity contribution is -0.128. The van der Waals surface area contributed by atoms with Crippen molar-refractivity contribution in [1.82, 2.24) is 15.5 Å². The standard InChI is InChI=1S/C19H27N3O3/c1-14(17-9-6-12-25-17)20-19(24)21-16(15-7-3-2-4-8-15)13-22-11-5-10-18(22)23/h2-4,7-8,14,16-17H,5-6,9-13H2,1H3,(H2,20,21,24). The fraction of sp³-hybridized carbons (Fsp3) is 0.579. The first-order chi connectivity index (χ1) is 12.1. The van der Waals surface area contributed by atoms with Gasteiger partial charge in [-0.1, -0.05) is 30.3 Å². The molecule has 2 aliphatic heterocycles. The molecule has 3 rings (SSSR count). The Bertz CT molecular complexity index is 587. The molecule has 0 bridgehead atoms. The largest absolute Gasteiger partial charge is 0.376 e. The minimum atomic E-state index is -0.222. The second kappa shape index (κ2) is 8.34. The van der Waals surface area contributed by atoms with Gasteiger partial charge in [0.2, 0.25) is 5.91 Å². The van der Waals surface area contributed by atoms with E-state index in [4.69, 9.17) is 4.74 Å². The molecule has 2 fully saturated rings. The fourth-order valence-electron chi connectivity index (χ4n) is 3.53. The summed E-state index contributed by atoms with van der Waals surface area (Å²) < 4.78 is 5.63. The van der Waals surface area contributed by atoms with E-state index in [-0.39, 0.29) is 30.1 Å². The summed E-state index contributed by atoms with van der Waals surface area (Å²) in [5.74, 6) is 0.163. The Morgan fingerprint density at radius 2 is 2.08 bits per heavy atom. The third kappa shape index (κ3) is 4.72. The predicted octanol–water partition coefficient (Wildman–Crippen LogP) is 2.22. The van der Waals surface area contributed by atoms with E-state index in [0.29, 0.717) is 13.0 Å². The molecule has 2 heterocycles. The number of likely N-dealkylation sites (tertiary alicyclic amines) is 1. The van der Waals surface area contributed by atoms with Crippen molar-refractivity contribution in [3.05, 3.63) is 35.9 Å². The minimum Gasteiger partial charge on any atom is -0.376 e. The lowest BCUT2D eigenvalue weighted by Gasteiger charge is -2.27. The molecule has 0 aliphatic carbocycles. The molecule has 2 saturated heterocycles. The number of carbonyl (C=O) groups is 2. The molecule has 3 unspecified atom stereocenters. The number of hydrogen-bond acceptors (Lipinski definition) is 3. The van der Waals surface area contributed by atoms with E-state index in [0.717, 1.165) is 38.0 Å². The van der Waals surface area contributed by atoms with Gasteiger partial charge in [-0.3, -0.25) is 4.79 Å². The lowest BCUT2D eigenvalue weighted by atomic mass is 10.1. The second-order valence-electron chi connectivity index (χ2n) is 6.86. The number of nitrogens with zero attached hydrogens (tertiary/aromatic N) is 1. The van der Waals surface area contributed by atoms with Crippen LogP contribution in [0.25, 0.3) is 0 Å². The molecular formula is C19H27N3O3. The fourth-order valence-corrected chi connectivity index (χ4v) is 3.53. The maximum absolute atomic E-state index is 12.5. The van der Waals surface area contributed by atoms with Crippen molar-refractivity contribution in [3.8, 4) is 0 Å². The minimum absolute atomic E-state index is 0.0349. The molecule has 2 aliphatic rings. The lowest BCUT2D eigenvalue weighted by Crippen LogP contribution is -2.48. The van der Waals surface area contributed by atoms with Crippen molar-refractivity contribution in [1.29, 1.82) is 0 Å². The average molecular weight is 345 g/mol. The van der Waals surface area contributed by atoms with E-state index in [2.05, 4.69) is 10.6 Å². The SMILES string of the molecule is CC(NC(=O)NC(CN1CCCC1=O)c1ccccc1)C1CCCO1. The van der Waals surface area contributed by atoms with Crippen LogP contribution in [0.5, 0.6) is 0 Å². The van der Waals surface area contributed by atoms with Crippen molar-refractivity contribution in [2.75, 3.05) is 19.7 Å². The summed E-state index contributed by atoms with van der Waals surface area (Å²) in [6.07, 6.45) is 3.60. The summed E-state index contributed by atoms with van der Waals surface area (Å²) in [6, 6.07) is 9.33. The number of amides is 3. The zero-order valence-electron chi connectivity index (χ0n) is 14.7. The molecule has 25 heavy (non-hydrogen) atoms. The highest BCUT2D eigenvalue weighted by Crippen LogP contribution is 2.19. The molecule has 0 saturated carbocycles. The number of rotatable bonds is 6. The molecular weight excluding hydrogens is 318 g/mol. The number of urea groups is 1. The maximum Gasteiger partial charge on any atom is 0.315 e. The van der Waals surface area contributed by atoms with Crippen molar-refractivity contribution >= 4 is 11.9 Å². The highest BCUT2D eigenvalue weighted by atomic mass is 16.5. The van der Waals surface area contributed by atoms with Gasteiger partial charge in [0.1, 0.15) is 0 Å². The Labute approximate surface area is 148 Å². The first-order valence-electron chi connectivity index (χ1n) is 9.15. The van der Waals surface area contributed by atoms with Crippen LogP contribution in [0.1, 0.15) is 44.2 Å². The van der Waals surface area contributed by atoms with Gasteiger partial charge >= 0.3 is 6.03 Å². The molecule has 2 N–H and O–H groups in total. The van der Waals surface area contributed by atoms with E-state index < -0.39 is 0 Å². The van der Waals surface area contributed by atoms with Crippen LogP contribution in [0.4, 0.5) is 4.79 Å². The molecule has 1 aromatic carbocycles. The molecule has 0 aromatic heterocycles. The van der Waals surface area contributed by atoms with Gasteiger partial charge in [-0.2, -0.15) is 0 Å². The Morgan fingerprint density at radius 3 is 2.72 bits per heavy atom. The number of nitrogens with one attached hydrogen (secondary N) is 2. The van der Waals surface area contributed by atoms with Gasteiger partial charge in [0, 0.05) is 26.1 Å². The van der Waals surface area contributed by atoms with Crippen molar-refractivity contribution in [2.45, 2.75) is 50.8 Å². The zero-order chi connectivity index (χ0) is 17.6. The Morgan fingerprint density at radius 1 is 1.28 bits per heavy atom. The van der Waals surface area contributed by atoms with Crippen LogP contribution in [0.2, 0.25) is 0 Å². The van der Waals surface area contributed by atoms with Crippen LogP contribution in [0, 0.1) is 0 Å². The molecule has 3 amide bonds. The Hall–Kier alpha value is -2.08. The third-order valence-corrected chi connectivity index (χ3v) is 4.96. The number of ether oxygens (including phenoxy) is 1. The molecule has 3 atom stereocenters. The summed E-state index contributed by atoms with van der Waals surface area (Å²) in [5.41, 5.74) is 1.00. The van der Waals surface area contributed by atoms with E-state index in [1.54, 1.807) is 0 Å². The Kier molecular flexibility index (Phi) is 5.91. The van der Waals surface area contributed by atoms with E-state index >= 15 is 0 Å². The van der Waals surface area contributed by atoms with E-state index in [9.17, 15) is 9.59 Å². The van der Waals surface area contributed by atoms with Gasteiger partial charge in [0.05, 0.1) is 18.2 Å². The monoisotopic (exact) mass is 345 g/mol. The Balaban J connectivity index is 1.62. The summed E-state index contributed by atoms with van der Waals surface area (Å²) in [7, 11) is 0. The topological polar surface area (TPSA) is 70.7 Å². The summed E-state index contributed by atoms with van der Waals surface area (Å²) in [6.45, 7) is 4.00. The average Bonchev–Trinajstić information content (AvgIpc) is 3.27. The molecule has 0 radical (unpaired) electrons. The normalized spacial score (nSPS) is 22.7. The first kappa shape index (κ1) is 17.7. The van der Waals surface area contributed by atoms with Crippen LogP contribution in [-0.4, -0.2) is 48.7 Å². The highest BCUT2D eigenvalue weighted by molar-refractivity contribution is 5.78. The summed E-state index contributed by atoms with van der Waals surface area (Å²) >= 11 is 0. The second-order valence-corrected chi connectivity index (χ2v) is 6.86. The van der Waals surface area contributed by atoms with Crippen LogP contribution in [-0.2, 0) is 9.53 Å². The number of benzene rings is 1. The van der Waals surface area contributed by atoms with E-state index in [1.807, 2.05) is 42.2 Å². The van der Waals surface area contributed by atoms with Gasteiger partial charge in [0.15, 0.2) is 0 Å². The summed E-state index contributed by atoms with van der Waals surface area (Å²) in [5, 5.41) is 6.02. The molecule has 1 aromatic rings. The molecule has 0 spiro atoms. The van der Waals surface area contributed by atoms with Crippen molar-refractivity contribution in [3.63, 3.8) is 0 Å². The van der Waals surface area contributed by atoms with Crippen LogP contribution in [0.3, 0.4) is 0 Å². The molecule has 136 valence electrons. The predicted molar refractivity (Wildman–Crippen MR) is 95.1 cm³/mol. The van der Waals surface area contributed by atoms with Gasteiger partial charge in [-0.15, -0.1) is 0 Å². The summed E-state index contributed by atoms with van der Waals surface area (Å²) in [4.78, 5) is 26.3. The van der Waals surface area contributed by atoms with Gasteiger partial charge in [-0.25, -0.2) is 4.79 Å².